The van der Waals surface area contributed by atoms with E-state index < -0.39 is 5.97 Å². The van der Waals surface area contributed by atoms with Crippen molar-refractivity contribution in [3.8, 4) is 0 Å². The quantitative estimate of drug-likeness (QED) is 0.514. The van der Waals surface area contributed by atoms with Gasteiger partial charge in [0.15, 0.2) is 0 Å². The van der Waals surface area contributed by atoms with Crippen LogP contribution in [0, 0.1) is 5.41 Å². The summed E-state index contributed by atoms with van der Waals surface area (Å²) in [5.74, 6) is -0.863. The number of benzene rings is 1. The van der Waals surface area contributed by atoms with E-state index in [1.165, 1.54) is 0 Å². The second-order valence-corrected chi connectivity index (χ2v) is 7.33. The predicted molar refractivity (Wildman–Crippen MR) is 99.9 cm³/mol. The van der Waals surface area contributed by atoms with Gasteiger partial charge < -0.3 is 20.8 Å². The molecule has 1 aliphatic carbocycles. The Balaban J connectivity index is 1.88. The van der Waals surface area contributed by atoms with Crippen LogP contribution >= 0.6 is 0 Å². The van der Waals surface area contributed by atoms with Crippen LogP contribution in [0.1, 0.15) is 50.5 Å². The Kier molecular flexibility index (Phi) is 7.91. The normalized spacial score (nSPS) is 16.8. The van der Waals surface area contributed by atoms with Gasteiger partial charge in [-0.05, 0) is 43.1 Å². The molecule has 0 spiro atoms. The van der Waals surface area contributed by atoms with E-state index in [-0.39, 0.29) is 30.5 Å². The molecular formula is C20H30N2O4. The Morgan fingerprint density at radius 3 is 2.46 bits per heavy atom. The number of carbonyl (C=O) groups excluding carboxylic acids is 1. The molecule has 1 aromatic carbocycles. The van der Waals surface area contributed by atoms with Gasteiger partial charge in [-0.15, -0.1) is 0 Å². The molecule has 1 saturated carbocycles. The van der Waals surface area contributed by atoms with Gasteiger partial charge in [0, 0.05) is 25.6 Å². The van der Waals surface area contributed by atoms with E-state index in [1.54, 1.807) is 0 Å². The Morgan fingerprint density at radius 1 is 1.15 bits per heavy atom. The molecule has 0 aromatic heterocycles. The first kappa shape index (κ1) is 20.2. The van der Waals surface area contributed by atoms with Crippen LogP contribution < -0.4 is 10.6 Å². The first-order chi connectivity index (χ1) is 12.5. The Bertz CT molecular complexity index is 570. The van der Waals surface area contributed by atoms with Crippen LogP contribution in [0.5, 0.6) is 0 Å². The zero-order chi connectivity index (χ0) is 18.8. The first-order valence-electron chi connectivity index (χ1n) is 9.44. The van der Waals surface area contributed by atoms with Crippen molar-refractivity contribution in [1.29, 1.82) is 0 Å². The second-order valence-electron chi connectivity index (χ2n) is 7.33. The number of urea groups is 1. The number of carboxylic acid groups (broad SMARTS) is 1. The van der Waals surface area contributed by atoms with Crippen LogP contribution in [0.15, 0.2) is 30.3 Å². The van der Waals surface area contributed by atoms with Crippen molar-refractivity contribution in [1.82, 2.24) is 10.6 Å². The van der Waals surface area contributed by atoms with Gasteiger partial charge in [0.05, 0.1) is 0 Å². The highest BCUT2D eigenvalue weighted by atomic mass is 16.4. The molecule has 0 bridgehead atoms. The van der Waals surface area contributed by atoms with Gasteiger partial charge in [-0.25, -0.2) is 4.79 Å². The summed E-state index contributed by atoms with van der Waals surface area (Å²) >= 11 is 0. The fourth-order valence-electron chi connectivity index (χ4n) is 3.80. The number of rotatable bonds is 10. The van der Waals surface area contributed by atoms with E-state index in [4.69, 9.17) is 5.11 Å². The summed E-state index contributed by atoms with van der Waals surface area (Å²) in [7, 11) is 0. The lowest BCUT2D eigenvalue weighted by Gasteiger charge is -2.29. The molecular weight excluding hydrogens is 332 g/mol. The van der Waals surface area contributed by atoms with Crippen LogP contribution in [-0.2, 0) is 11.2 Å². The number of aliphatic carboxylic acids is 1. The zero-order valence-electron chi connectivity index (χ0n) is 15.2. The molecule has 2 rings (SSSR count). The van der Waals surface area contributed by atoms with E-state index in [1.807, 2.05) is 30.3 Å². The van der Waals surface area contributed by atoms with Gasteiger partial charge in [-0.1, -0.05) is 43.2 Å². The van der Waals surface area contributed by atoms with Crippen molar-refractivity contribution in [3.05, 3.63) is 35.9 Å². The lowest BCUT2D eigenvalue weighted by atomic mass is 9.83. The van der Waals surface area contributed by atoms with Gasteiger partial charge in [-0.2, -0.15) is 0 Å². The highest BCUT2D eigenvalue weighted by Gasteiger charge is 2.33. The molecule has 4 N–H and O–H groups in total. The maximum Gasteiger partial charge on any atom is 0.315 e. The number of nitrogens with one attached hydrogen (secondary N) is 2. The third-order valence-corrected chi connectivity index (χ3v) is 5.30. The number of carbonyl (C=O) groups is 2. The number of aliphatic hydroxyl groups excluding tert-OH is 1. The van der Waals surface area contributed by atoms with Gasteiger partial charge in [0.2, 0.25) is 0 Å². The molecule has 6 nitrogen and oxygen atoms in total. The molecule has 0 aliphatic heterocycles. The van der Waals surface area contributed by atoms with Crippen molar-refractivity contribution in [2.75, 3.05) is 13.2 Å². The maximum absolute atomic E-state index is 12.4. The van der Waals surface area contributed by atoms with E-state index in [9.17, 15) is 14.7 Å². The molecule has 1 aromatic rings. The van der Waals surface area contributed by atoms with Crippen LogP contribution in [0.3, 0.4) is 0 Å². The fraction of sp³-hybridized carbons (Fsp3) is 0.600. The second kappa shape index (κ2) is 10.2. The molecule has 1 unspecified atom stereocenters. The van der Waals surface area contributed by atoms with Crippen molar-refractivity contribution >= 4 is 12.0 Å². The lowest BCUT2D eigenvalue weighted by Crippen LogP contribution is -2.46. The highest BCUT2D eigenvalue weighted by Crippen LogP contribution is 2.40. The third-order valence-electron chi connectivity index (χ3n) is 5.30. The Labute approximate surface area is 155 Å². The Morgan fingerprint density at radius 2 is 1.85 bits per heavy atom. The van der Waals surface area contributed by atoms with E-state index in [0.717, 1.165) is 31.2 Å². The summed E-state index contributed by atoms with van der Waals surface area (Å²) < 4.78 is 0. The largest absolute Gasteiger partial charge is 0.481 e. The number of aliphatic hydroxyl groups is 1. The summed E-state index contributed by atoms with van der Waals surface area (Å²) in [6.07, 6.45) is 6.05. The third kappa shape index (κ3) is 6.67. The van der Waals surface area contributed by atoms with Gasteiger partial charge >= 0.3 is 12.0 Å². The van der Waals surface area contributed by atoms with Gasteiger partial charge in [0.1, 0.15) is 0 Å². The molecule has 1 atom stereocenters. The summed E-state index contributed by atoms with van der Waals surface area (Å²) in [5, 5.41) is 24.1. The molecule has 144 valence electrons. The van der Waals surface area contributed by atoms with E-state index in [0.29, 0.717) is 25.8 Å². The summed E-state index contributed by atoms with van der Waals surface area (Å²) in [5.41, 5.74) is 1.07. The van der Waals surface area contributed by atoms with E-state index >= 15 is 0 Å². The minimum absolute atomic E-state index is 0.00206. The molecule has 6 heteroatoms. The SMILES string of the molecule is O=C(O)CCC(Cc1ccccc1)NC(=O)NCC1(CCO)CCCC1. The standard InChI is InChI=1S/C20H30N2O4/c23-13-12-20(10-4-5-11-20)15-21-19(26)22-17(8-9-18(24)25)14-16-6-2-1-3-7-16/h1-3,6-7,17,23H,4-5,8-15H2,(H,24,25)(H2,21,22,26). The number of amides is 2. The molecule has 26 heavy (non-hydrogen) atoms. The lowest BCUT2D eigenvalue weighted by molar-refractivity contribution is -0.137. The van der Waals surface area contributed by atoms with Crippen LogP contribution in [0.4, 0.5) is 4.79 Å². The predicted octanol–water partition coefficient (Wildman–Crippen LogP) is 2.70. The average molecular weight is 362 g/mol. The van der Waals surface area contributed by atoms with Crippen molar-refractivity contribution < 1.29 is 19.8 Å². The van der Waals surface area contributed by atoms with Crippen molar-refractivity contribution in [2.45, 2.75) is 57.4 Å². The zero-order valence-corrected chi connectivity index (χ0v) is 15.2. The minimum Gasteiger partial charge on any atom is -0.481 e. The number of hydrogen-bond acceptors (Lipinski definition) is 3. The van der Waals surface area contributed by atoms with Crippen LogP contribution in [0.2, 0.25) is 0 Å². The maximum atomic E-state index is 12.4. The van der Waals surface area contributed by atoms with Crippen LogP contribution in [-0.4, -0.2) is 41.4 Å². The van der Waals surface area contributed by atoms with Gasteiger partial charge in [-0.3, -0.25) is 4.79 Å². The molecule has 1 aliphatic rings. The minimum atomic E-state index is -0.863. The van der Waals surface area contributed by atoms with Crippen molar-refractivity contribution in [2.24, 2.45) is 5.41 Å². The molecule has 0 saturated heterocycles. The molecule has 0 heterocycles. The average Bonchev–Trinajstić information content (AvgIpc) is 3.08. The summed E-state index contributed by atoms with van der Waals surface area (Å²) in [4.78, 5) is 23.3. The number of hydrogen-bond donors (Lipinski definition) is 4. The monoisotopic (exact) mass is 362 g/mol. The number of carboxylic acids is 1. The molecule has 1 fully saturated rings. The van der Waals surface area contributed by atoms with E-state index in [2.05, 4.69) is 10.6 Å². The van der Waals surface area contributed by atoms with Crippen molar-refractivity contribution in [3.63, 3.8) is 0 Å². The molecule has 2 amide bonds. The summed E-state index contributed by atoms with van der Waals surface area (Å²) in [6.45, 7) is 0.689. The van der Waals surface area contributed by atoms with Crippen LogP contribution in [0.25, 0.3) is 0 Å². The highest BCUT2D eigenvalue weighted by molar-refractivity contribution is 5.74. The fourth-order valence-corrected chi connectivity index (χ4v) is 3.80. The van der Waals surface area contributed by atoms with Gasteiger partial charge in [0.25, 0.3) is 0 Å². The topological polar surface area (TPSA) is 98.7 Å². The smallest absolute Gasteiger partial charge is 0.315 e. The first-order valence-corrected chi connectivity index (χ1v) is 9.44. The summed E-state index contributed by atoms with van der Waals surface area (Å²) in [6, 6.07) is 9.25. The molecule has 0 radical (unpaired) electrons. The Hall–Kier alpha value is -2.08.